The smallest absolute Gasteiger partial charge is 0.0901 e. The van der Waals surface area contributed by atoms with E-state index >= 15 is 0 Å². The Balaban J connectivity index is 2.00. The van der Waals surface area contributed by atoms with Gasteiger partial charge in [0.25, 0.3) is 0 Å². The molecule has 1 heteroatoms. The van der Waals surface area contributed by atoms with Gasteiger partial charge in [0, 0.05) is 5.92 Å². The fraction of sp³-hybridized carbons (Fsp3) is 0.333. The lowest BCUT2D eigenvalue weighted by molar-refractivity contribution is -0.0318. The summed E-state index contributed by atoms with van der Waals surface area (Å²) in [5.41, 5.74) is 1.05. The third-order valence-corrected chi connectivity index (χ3v) is 3.23. The Morgan fingerprint density at radius 1 is 1.19 bits per heavy atom. The molecule has 0 N–H and O–H groups in total. The molecule has 0 saturated heterocycles. The van der Waals surface area contributed by atoms with Crippen molar-refractivity contribution in [1.82, 2.24) is 0 Å². The van der Waals surface area contributed by atoms with Crippen molar-refractivity contribution in [2.45, 2.75) is 26.1 Å². The van der Waals surface area contributed by atoms with Crippen LogP contribution >= 0.6 is 0 Å². The number of ether oxygens (including phenoxy) is 1. The first kappa shape index (κ1) is 11.2. The van der Waals surface area contributed by atoms with Crippen molar-refractivity contribution in [3.05, 3.63) is 60.2 Å². The normalized spacial score (nSPS) is 28.2. The molecule has 2 rings (SSSR count). The van der Waals surface area contributed by atoms with Gasteiger partial charge in [-0.25, -0.2) is 0 Å². The summed E-state index contributed by atoms with van der Waals surface area (Å²) in [7, 11) is 0. The lowest BCUT2D eigenvalue weighted by atomic mass is 9.87. The average molecular weight is 214 g/mol. The molecule has 2 atom stereocenters. The number of hydrogen-bond acceptors (Lipinski definition) is 1. The van der Waals surface area contributed by atoms with Crippen LogP contribution in [0, 0.1) is 5.92 Å². The van der Waals surface area contributed by atoms with E-state index < -0.39 is 0 Å². The Morgan fingerprint density at radius 2 is 1.94 bits per heavy atom. The van der Waals surface area contributed by atoms with Gasteiger partial charge in [0.15, 0.2) is 0 Å². The van der Waals surface area contributed by atoms with E-state index in [9.17, 15) is 0 Å². The maximum Gasteiger partial charge on any atom is 0.0901 e. The molecule has 1 aromatic rings. The van der Waals surface area contributed by atoms with E-state index in [-0.39, 0.29) is 5.60 Å². The van der Waals surface area contributed by atoms with E-state index in [1.807, 2.05) is 18.2 Å². The lowest BCUT2D eigenvalue weighted by Gasteiger charge is -2.33. The molecule has 84 valence electrons. The van der Waals surface area contributed by atoms with Crippen LogP contribution in [-0.2, 0) is 11.3 Å². The van der Waals surface area contributed by atoms with Crippen molar-refractivity contribution < 1.29 is 4.74 Å². The maximum absolute atomic E-state index is 6.03. The highest BCUT2D eigenvalue weighted by atomic mass is 16.5. The fourth-order valence-corrected chi connectivity index (χ4v) is 1.81. The molecule has 1 aliphatic rings. The number of rotatable bonds is 3. The second kappa shape index (κ2) is 4.67. The van der Waals surface area contributed by atoms with E-state index in [1.54, 1.807) is 0 Å². The van der Waals surface area contributed by atoms with E-state index in [0.717, 1.165) is 0 Å². The van der Waals surface area contributed by atoms with Crippen LogP contribution in [0.2, 0.25) is 0 Å². The van der Waals surface area contributed by atoms with Crippen LogP contribution in [0.5, 0.6) is 0 Å². The molecular weight excluding hydrogens is 196 g/mol. The van der Waals surface area contributed by atoms with Gasteiger partial charge in [0.05, 0.1) is 12.2 Å². The Morgan fingerprint density at radius 3 is 2.62 bits per heavy atom. The van der Waals surface area contributed by atoms with Crippen molar-refractivity contribution in [2.75, 3.05) is 0 Å². The minimum Gasteiger partial charge on any atom is -0.366 e. The summed E-state index contributed by atoms with van der Waals surface area (Å²) >= 11 is 0. The highest BCUT2D eigenvalue weighted by Gasteiger charge is 2.28. The van der Waals surface area contributed by atoms with E-state index in [0.29, 0.717) is 12.5 Å². The minimum absolute atomic E-state index is 0.176. The molecule has 0 bridgehead atoms. The number of benzene rings is 1. The molecular formula is C15H18O. The fourth-order valence-electron chi connectivity index (χ4n) is 1.81. The number of allylic oxidation sites excluding steroid dienone is 2. The SMILES string of the molecule is CC1C=CC=CC1(C)OCc1ccccc1. The van der Waals surface area contributed by atoms with Crippen LogP contribution < -0.4 is 0 Å². The predicted molar refractivity (Wildman–Crippen MR) is 67.1 cm³/mol. The van der Waals surface area contributed by atoms with Gasteiger partial charge in [-0.05, 0) is 12.5 Å². The Hall–Kier alpha value is -1.34. The van der Waals surface area contributed by atoms with Crippen LogP contribution in [0.1, 0.15) is 19.4 Å². The molecule has 0 heterocycles. The monoisotopic (exact) mass is 214 g/mol. The van der Waals surface area contributed by atoms with Gasteiger partial charge in [-0.1, -0.05) is 61.6 Å². The first-order chi connectivity index (χ1) is 7.71. The zero-order chi connectivity index (χ0) is 11.4. The van der Waals surface area contributed by atoms with Gasteiger partial charge in [-0.3, -0.25) is 0 Å². The molecule has 0 amide bonds. The molecule has 0 fully saturated rings. The van der Waals surface area contributed by atoms with Gasteiger partial charge >= 0.3 is 0 Å². The average Bonchev–Trinajstić information content (AvgIpc) is 2.32. The van der Waals surface area contributed by atoms with Crippen LogP contribution in [0.15, 0.2) is 54.6 Å². The molecule has 1 aromatic carbocycles. The summed E-state index contributed by atoms with van der Waals surface area (Å²) < 4.78 is 6.03. The third-order valence-electron chi connectivity index (χ3n) is 3.23. The standard InChI is InChI=1S/C15H18O/c1-13-8-6-7-11-15(13,2)16-12-14-9-4-3-5-10-14/h3-11,13H,12H2,1-2H3. The molecule has 2 unspecified atom stereocenters. The highest BCUT2D eigenvalue weighted by molar-refractivity contribution is 5.21. The summed E-state index contributed by atoms with van der Waals surface area (Å²) in [6.07, 6.45) is 8.47. The van der Waals surface area contributed by atoms with Gasteiger partial charge in [0.1, 0.15) is 0 Å². The van der Waals surface area contributed by atoms with E-state index in [4.69, 9.17) is 4.74 Å². The predicted octanol–water partition coefficient (Wildman–Crippen LogP) is 3.72. The topological polar surface area (TPSA) is 9.23 Å². The van der Waals surface area contributed by atoms with E-state index in [1.165, 1.54) is 5.56 Å². The summed E-state index contributed by atoms with van der Waals surface area (Å²) in [5.74, 6) is 0.418. The van der Waals surface area contributed by atoms with Crippen molar-refractivity contribution in [3.63, 3.8) is 0 Å². The minimum atomic E-state index is -0.176. The van der Waals surface area contributed by atoms with Crippen LogP contribution in [0.4, 0.5) is 0 Å². The molecule has 0 spiro atoms. The van der Waals surface area contributed by atoms with Gasteiger partial charge in [-0.15, -0.1) is 0 Å². The Bertz CT molecular complexity index is 391. The second-order valence-corrected chi connectivity index (χ2v) is 4.49. The Labute approximate surface area is 97.4 Å². The second-order valence-electron chi connectivity index (χ2n) is 4.49. The molecule has 0 radical (unpaired) electrons. The summed E-state index contributed by atoms with van der Waals surface area (Å²) in [6.45, 7) is 4.99. The van der Waals surface area contributed by atoms with Gasteiger partial charge in [0.2, 0.25) is 0 Å². The summed E-state index contributed by atoms with van der Waals surface area (Å²) in [5, 5.41) is 0. The van der Waals surface area contributed by atoms with Crippen molar-refractivity contribution >= 4 is 0 Å². The first-order valence-corrected chi connectivity index (χ1v) is 5.75. The summed E-state index contributed by atoms with van der Waals surface area (Å²) in [4.78, 5) is 0. The Kier molecular flexibility index (Phi) is 3.25. The lowest BCUT2D eigenvalue weighted by Crippen LogP contribution is -2.34. The molecule has 1 nitrogen and oxygen atoms in total. The molecule has 0 aliphatic heterocycles. The molecule has 16 heavy (non-hydrogen) atoms. The zero-order valence-corrected chi connectivity index (χ0v) is 9.89. The number of hydrogen-bond donors (Lipinski definition) is 0. The summed E-state index contributed by atoms with van der Waals surface area (Å²) in [6, 6.07) is 10.3. The van der Waals surface area contributed by atoms with Gasteiger partial charge in [-0.2, -0.15) is 0 Å². The van der Waals surface area contributed by atoms with Crippen molar-refractivity contribution in [2.24, 2.45) is 5.92 Å². The third kappa shape index (κ3) is 2.42. The van der Waals surface area contributed by atoms with Gasteiger partial charge < -0.3 is 4.74 Å². The zero-order valence-electron chi connectivity index (χ0n) is 9.89. The van der Waals surface area contributed by atoms with Crippen LogP contribution in [0.25, 0.3) is 0 Å². The molecule has 1 aliphatic carbocycles. The highest BCUT2D eigenvalue weighted by Crippen LogP contribution is 2.28. The molecule has 0 saturated carbocycles. The van der Waals surface area contributed by atoms with Crippen molar-refractivity contribution in [3.8, 4) is 0 Å². The first-order valence-electron chi connectivity index (χ1n) is 5.75. The van der Waals surface area contributed by atoms with Crippen LogP contribution in [0.3, 0.4) is 0 Å². The van der Waals surface area contributed by atoms with Crippen molar-refractivity contribution in [1.29, 1.82) is 0 Å². The largest absolute Gasteiger partial charge is 0.366 e. The quantitative estimate of drug-likeness (QED) is 0.745. The molecule has 0 aromatic heterocycles. The maximum atomic E-state index is 6.03. The van der Waals surface area contributed by atoms with E-state index in [2.05, 4.69) is 50.3 Å². The van der Waals surface area contributed by atoms with Crippen LogP contribution in [-0.4, -0.2) is 5.60 Å².